The normalized spacial score (nSPS) is 39.8. The molecule has 0 aromatic rings. The van der Waals surface area contributed by atoms with E-state index in [2.05, 4.69) is 15.9 Å². The summed E-state index contributed by atoms with van der Waals surface area (Å²) in [6.07, 6.45) is 1.10. The third-order valence-corrected chi connectivity index (χ3v) is 4.56. The molecule has 78 valence electrons. The average molecular weight is 261 g/mol. The molecule has 14 heavy (non-hydrogen) atoms. The molecule has 3 nitrogen and oxygen atoms in total. The summed E-state index contributed by atoms with van der Waals surface area (Å²) in [4.78, 5) is 23.4. The van der Waals surface area contributed by atoms with Gasteiger partial charge in [0.05, 0.1) is 11.2 Å². The van der Waals surface area contributed by atoms with E-state index in [9.17, 15) is 9.59 Å². The summed E-state index contributed by atoms with van der Waals surface area (Å²) in [6.45, 7) is 3.89. The first-order chi connectivity index (χ1) is 6.45. The molecule has 2 atom stereocenters. The SMILES string of the molecule is CC1(C)[C@H]2CCC(=O)[C@@]1(CBr)OC2=O. The van der Waals surface area contributed by atoms with E-state index in [1.807, 2.05) is 13.8 Å². The molecule has 0 N–H and O–H groups in total. The first-order valence-electron chi connectivity index (χ1n) is 4.78. The van der Waals surface area contributed by atoms with Gasteiger partial charge in [-0.3, -0.25) is 9.59 Å². The summed E-state index contributed by atoms with van der Waals surface area (Å²) in [6, 6.07) is 0. The van der Waals surface area contributed by atoms with Crippen LogP contribution in [0.1, 0.15) is 26.7 Å². The predicted molar refractivity (Wildman–Crippen MR) is 54.1 cm³/mol. The van der Waals surface area contributed by atoms with Gasteiger partial charge in [-0.25, -0.2) is 0 Å². The molecule has 0 spiro atoms. The lowest BCUT2D eigenvalue weighted by Crippen LogP contribution is -2.54. The van der Waals surface area contributed by atoms with Gasteiger partial charge < -0.3 is 4.74 Å². The second kappa shape index (κ2) is 2.81. The Morgan fingerprint density at radius 3 is 2.64 bits per heavy atom. The van der Waals surface area contributed by atoms with Gasteiger partial charge in [0.1, 0.15) is 0 Å². The number of hydrogen-bond acceptors (Lipinski definition) is 3. The molecular weight excluding hydrogens is 248 g/mol. The largest absolute Gasteiger partial charge is 0.449 e. The number of halogens is 1. The fraction of sp³-hybridized carbons (Fsp3) is 0.800. The Morgan fingerprint density at radius 2 is 2.14 bits per heavy atom. The van der Waals surface area contributed by atoms with Gasteiger partial charge in [-0.05, 0) is 6.42 Å². The van der Waals surface area contributed by atoms with E-state index in [1.165, 1.54) is 0 Å². The second-order valence-electron chi connectivity index (χ2n) is 4.62. The summed E-state index contributed by atoms with van der Waals surface area (Å²) in [5, 5.41) is 0.411. The summed E-state index contributed by atoms with van der Waals surface area (Å²) < 4.78 is 5.31. The molecule has 0 radical (unpaired) electrons. The van der Waals surface area contributed by atoms with Gasteiger partial charge in [-0.1, -0.05) is 29.8 Å². The maximum absolute atomic E-state index is 11.9. The molecule has 1 heterocycles. The van der Waals surface area contributed by atoms with Gasteiger partial charge >= 0.3 is 5.97 Å². The van der Waals surface area contributed by atoms with Crippen LogP contribution in [-0.2, 0) is 14.3 Å². The van der Waals surface area contributed by atoms with Crippen molar-refractivity contribution in [3.8, 4) is 0 Å². The molecule has 4 heteroatoms. The quantitative estimate of drug-likeness (QED) is 0.532. The first-order valence-corrected chi connectivity index (χ1v) is 5.90. The van der Waals surface area contributed by atoms with Crippen molar-refractivity contribution in [3.05, 3.63) is 0 Å². The average Bonchev–Trinajstić information content (AvgIpc) is 2.23. The van der Waals surface area contributed by atoms with E-state index in [0.29, 0.717) is 18.2 Å². The van der Waals surface area contributed by atoms with Crippen molar-refractivity contribution < 1.29 is 14.3 Å². The minimum Gasteiger partial charge on any atom is -0.449 e. The topological polar surface area (TPSA) is 43.4 Å². The Hall–Kier alpha value is -0.380. The molecule has 0 aromatic carbocycles. The van der Waals surface area contributed by atoms with Crippen molar-refractivity contribution in [2.24, 2.45) is 11.3 Å². The maximum atomic E-state index is 11.9. The number of fused-ring (bicyclic) bond motifs is 2. The van der Waals surface area contributed by atoms with Crippen LogP contribution in [0.15, 0.2) is 0 Å². The van der Waals surface area contributed by atoms with Crippen LogP contribution in [0.5, 0.6) is 0 Å². The molecule has 2 bridgehead atoms. The van der Waals surface area contributed by atoms with Crippen LogP contribution in [0.3, 0.4) is 0 Å². The van der Waals surface area contributed by atoms with Crippen LogP contribution in [-0.4, -0.2) is 22.7 Å². The van der Waals surface area contributed by atoms with Crippen LogP contribution in [0.25, 0.3) is 0 Å². The fourth-order valence-corrected chi connectivity index (χ4v) is 3.75. The number of carbonyl (C=O) groups is 2. The van der Waals surface area contributed by atoms with E-state index < -0.39 is 5.60 Å². The maximum Gasteiger partial charge on any atom is 0.310 e. The monoisotopic (exact) mass is 260 g/mol. The molecule has 0 aromatic heterocycles. The Bertz CT molecular complexity index is 310. The van der Waals surface area contributed by atoms with Gasteiger partial charge in [-0.2, -0.15) is 0 Å². The number of hydrogen-bond donors (Lipinski definition) is 0. The zero-order valence-electron chi connectivity index (χ0n) is 8.30. The standard InChI is InChI=1S/C10H13BrO3/c1-9(2)6-3-4-7(12)10(9,5-11)14-8(6)13/h6H,3-5H2,1-2H3/t6-,10+/m0/s1. The molecule has 2 aliphatic rings. The van der Waals surface area contributed by atoms with Gasteiger partial charge in [0, 0.05) is 11.8 Å². The molecule has 0 unspecified atom stereocenters. The first kappa shape index (κ1) is 10.1. The molecule has 1 aliphatic carbocycles. The predicted octanol–water partition coefficient (Wildman–Crippen LogP) is 1.68. The van der Waals surface area contributed by atoms with Crippen LogP contribution < -0.4 is 0 Å². The number of ether oxygens (including phenoxy) is 1. The highest BCUT2D eigenvalue weighted by Crippen LogP contribution is 2.54. The molecule has 1 saturated carbocycles. The highest BCUT2D eigenvalue weighted by atomic mass is 79.9. The number of esters is 1. The molecule has 2 rings (SSSR count). The summed E-state index contributed by atoms with van der Waals surface area (Å²) in [7, 11) is 0. The van der Waals surface area contributed by atoms with E-state index >= 15 is 0 Å². The zero-order chi connectivity index (χ0) is 10.6. The van der Waals surface area contributed by atoms with Crippen molar-refractivity contribution in [2.75, 3.05) is 5.33 Å². The number of Topliss-reactive ketones (excluding diaryl/α,β-unsaturated/α-hetero) is 1. The lowest BCUT2D eigenvalue weighted by Gasteiger charge is -2.41. The third kappa shape index (κ3) is 0.926. The molecule has 2 fully saturated rings. The van der Waals surface area contributed by atoms with E-state index in [-0.39, 0.29) is 23.1 Å². The Labute approximate surface area is 91.3 Å². The van der Waals surface area contributed by atoms with E-state index in [0.717, 1.165) is 0 Å². The molecule has 1 aliphatic heterocycles. The number of ketones is 1. The van der Waals surface area contributed by atoms with Gasteiger partial charge in [0.25, 0.3) is 0 Å². The number of carbonyl (C=O) groups excluding carboxylic acids is 2. The van der Waals surface area contributed by atoms with Crippen LogP contribution >= 0.6 is 15.9 Å². The van der Waals surface area contributed by atoms with Crippen molar-refractivity contribution in [1.29, 1.82) is 0 Å². The van der Waals surface area contributed by atoms with E-state index in [4.69, 9.17) is 4.74 Å². The van der Waals surface area contributed by atoms with Crippen LogP contribution in [0.4, 0.5) is 0 Å². The summed E-state index contributed by atoms with van der Waals surface area (Å²) in [5.74, 6) is -0.264. The minimum absolute atomic E-state index is 0.0569. The van der Waals surface area contributed by atoms with Crippen LogP contribution in [0.2, 0.25) is 0 Å². The number of rotatable bonds is 1. The summed E-state index contributed by atoms with van der Waals surface area (Å²) in [5.41, 5.74) is -1.28. The van der Waals surface area contributed by atoms with Crippen molar-refractivity contribution in [2.45, 2.75) is 32.3 Å². The Kier molecular flexibility index (Phi) is 2.04. The highest BCUT2D eigenvalue weighted by Gasteiger charge is 2.66. The third-order valence-electron chi connectivity index (χ3n) is 3.77. The van der Waals surface area contributed by atoms with Gasteiger partial charge in [0.15, 0.2) is 11.4 Å². The Balaban J connectivity index is 2.53. The Morgan fingerprint density at radius 1 is 1.50 bits per heavy atom. The number of alkyl halides is 1. The molecule has 1 saturated heterocycles. The van der Waals surface area contributed by atoms with Gasteiger partial charge in [0.2, 0.25) is 0 Å². The van der Waals surface area contributed by atoms with Crippen molar-refractivity contribution in [3.63, 3.8) is 0 Å². The van der Waals surface area contributed by atoms with Crippen LogP contribution in [0, 0.1) is 11.3 Å². The molecule has 0 amide bonds. The summed E-state index contributed by atoms with van der Waals surface area (Å²) >= 11 is 3.30. The molecular formula is C10H13BrO3. The lowest BCUT2D eigenvalue weighted by atomic mass is 9.62. The lowest BCUT2D eigenvalue weighted by molar-refractivity contribution is -0.158. The fourth-order valence-electron chi connectivity index (χ4n) is 2.60. The van der Waals surface area contributed by atoms with Crippen molar-refractivity contribution >= 4 is 27.7 Å². The smallest absolute Gasteiger partial charge is 0.310 e. The van der Waals surface area contributed by atoms with E-state index in [1.54, 1.807) is 0 Å². The zero-order valence-corrected chi connectivity index (χ0v) is 9.89. The van der Waals surface area contributed by atoms with Crippen molar-refractivity contribution in [1.82, 2.24) is 0 Å². The second-order valence-corrected chi connectivity index (χ2v) is 5.18. The minimum atomic E-state index is -0.910. The van der Waals surface area contributed by atoms with Gasteiger partial charge in [-0.15, -0.1) is 0 Å². The highest BCUT2D eigenvalue weighted by molar-refractivity contribution is 9.09.